The molecule has 0 saturated carbocycles. The van der Waals surface area contributed by atoms with Gasteiger partial charge in [0.1, 0.15) is 18.2 Å². The fourth-order valence-corrected chi connectivity index (χ4v) is 4.65. The van der Waals surface area contributed by atoms with Crippen molar-refractivity contribution in [1.29, 1.82) is 0 Å². The van der Waals surface area contributed by atoms with E-state index >= 15 is 0 Å². The van der Waals surface area contributed by atoms with Crippen LogP contribution in [0.25, 0.3) is 0 Å². The van der Waals surface area contributed by atoms with Crippen LogP contribution >= 0.6 is 0 Å². The lowest BCUT2D eigenvalue weighted by atomic mass is 9.68. The van der Waals surface area contributed by atoms with E-state index in [9.17, 15) is 14.0 Å². The molecular formula is C27H28FNO4. The van der Waals surface area contributed by atoms with Crippen LogP contribution in [0.4, 0.5) is 4.39 Å². The number of rotatable bonds is 5. The van der Waals surface area contributed by atoms with Gasteiger partial charge in [-0.25, -0.2) is 9.18 Å². The quantitative estimate of drug-likeness (QED) is 0.637. The minimum Gasteiger partial charge on any atom is -0.489 e. The van der Waals surface area contributed by atoms with E-state index in [1.165, 1.54) is 19.2 Å². The van der Waals surface area contributed by atoms with Crippen LogP contribution in [-0.2, 0) is 20.9 Å². The highest BCUT2D eigenvalue weighted by Crippen LogP contribution is 2.46. The second-order valence-electron chi connectivity index (χ2n) is 9.41. The molecule has 0 aromatic heterocycles. The van der Waals surface area contributed by atoms with Crippen molar-refractivity contribution in [3.63, 3.8) is 0 Å². The molecule has 5 nitrogen and oxygen atoms in total. The van der Waals surface area contributed by atoms with Gasteiger partial charge in [-0.2, -0.15) is 0 Å². The zero-order chi connectivity index (χ0) is 23.8. The Morgan fingerprint density at radius 3 is 2.39 bits per heavy atom. The number of hydrogen-bond donors (Lipinski definition) is 1. The zero-order valence-corrected chi connectivity index (χ0v) is 19.3. The van der Waals surface area contributed by atoms with Crippen molar-refractivity contribution < 1.29 is 23.5 Å². The molecule has 2 aromatic carbocycles. The van der Waals surface area contributed by atoms with Gasteiger partial charge in [-0.1, -0.05) is 38.1 Å². The minimum atomic E-state index is -0.497. The van der Waals surface area contributed by atoms with E-state index in [0.29, 0.717) is 35.6 Å². The number of methoxy groups -OCH3 is 1. The number of allylic oxidation sites excluding steroid dienone is 3. The largest absolute Gasteiger partial charge is 0.489 e. The van der Waals surface area contributed by atoms with Crippen molar-refractivity contribution in [2.45, 2.75) is 46.1 Å². The number of hydrogen-bond acceptors (Lipinski definition) is 5. The highest BCUT2D eigenvalue weighted by molar-refractivity contribution is 6.04. The van der Waals surface area contributed by atoms with Gasteiger partial charge in [0.05, 0.1) is 12.7 Å². The Morgan fingerprint density at radius 2 is 1.76 bits per heavy atom. The number of ether oxygens (including phenoxy) is 2. The number of carbonyl (C=O) groups is 2. The molecule has 0 spiro atoms. The third-order valence-electron chi connectivity index (χ3n) is 6.18. The standard InChI is InChI=1S/C27H28FNO4/c1-16-23(26(31)32-4)24(25-21(29-16)13-27(2,3)14-22(25)30)18-7-11-20(12-8-18)33-15-17-5-9-19(28)10-6-17/h5-12,24,29H,13-15H2,1-4H3/t24-/m1/s1. The van der Waals surface area contributed by atoms with Crippen molar-refractivity contribution in [2.75, 3.05) is 7.11 Å². The summed E-state index contributed by atoms with van der Waals surface area (Å²) in [4.78, 5) is 25.9. The Bertz CT molecular complexity index is 1140. The molecule has 1 heterocycles. The predicted octanol–water partition coefficient (Wildman–Crippen LogP) is 5.18. The summed E-state index contributed by atoms with van der Waals surface area (Å²) in [5.41, 5.74) is 4.20. The summed E-state index contributed by atoms with van der Waals surface area (Å²) in [6.45, 7) is 6.30. The summed E-state index contributed by atoms with van der Waals surface area (Å²) in [7, 11) is 1.35. The molecule has 2 aliphatic rings. The van der Waals surface area contributed by atoms with Crippen molar-refractivity contribution in [2.24, 2.45) is 5.41 Å². The fourth-order valence-electron chi connectivity index (χ4n) is 4.65. The van der Waals surface area contributed by atoms with Gasteiger partial charge in [0.2, 0.25) is 0 Å². The molecule has 0 amide bonds. The normalized spacial score (nSPS) is 19.7. The Balaban J connectivity index is 1.65. The molecule has 0 bridgehead atoms. The van der Waals surface area contributed by atoms with Gasteiger partial charge in [-0.15, -0.1) is 0 Å². The third-order valence-corrected chi connectivity index (χ3v) is 6.18. The first kappa shape index (κ1) is 22.8. The monoisotopic (exact) mass is 449 g/mol. The average Bonchev–Trinajstić information content (AvgIpc) is 2.77. The lowest BCUT2D eigenvalue weighted by molar-refractivity contribution is -0.136. The molecule has 1 aliphatic heterocycles. The molecule has 1 aliphatic carbocycles. The molecule has 0 radical (unpaired) electrons. The highest BCUT2D eigenvalue weighted by Gasteiger charge is 2.42. The van der Waals surface area contributed by atoms with Crippen LogP contribution in [0.3, 0.4) is 0 Å². The van der Waals surface area contributed by atoms with E-state index in [1.54, 1.807) is 12.1 Å². The molecule has 0 fully saturated rings. The summed E-state index contributed by atoms with van der Waals surface area (Å²) in [5, 5.41) is 3.31. The molecule has 1 atom stereocenters. The summed E-state index contributed by atoms with van der Waals surface area (Å²) >= 11 is 0. The third kappa shape index (κ3) is 4.70. The minimum absolute atomic E-state index is 0.0456. The lowest BCUT2D eigenvalue weighted by Crippen LogP contribution is -2.38. The molecule has 33 heavy (non-hydrogen) atoms. The van der Waals surface area contributed by atoms with Gasteiger partial charge >= 0.3 is 5.97 Å². The number of Topliss-reactive ketones (excluding diaryl/α,β-unsaturated/α-hetero) is 1. The maximum absolute atomic E-state index is 13.2. The van der Waals surface area contributed by atoms with Crippen LogP contribution in [-0.4, -0.2) is 18.9 Å². The van der Waals surface area contributed by atoms with E-state index in [4.69, 9.17) is 9.47 Å². The summed E-state index contributed by atoms with van der Waals surface area (Å²) in [6.07, 6.45) is 1.16. The molecule has 0 unspecified atom stereocenters. The van der Waals surface area contributed by atoms with Crippen LogP contribution in [0.2, 0.25) is 0 Å². The van der Waals surface area contributed by atoms with Crippen LogP contribution < -0.4 is 10.1 Å². The maximum atomic E-state index is 13.2. The van der Waals surface area contributed by atoms with Crippen molar-refractivity contribution in [3.8, 4) is 5.75 Å². The number of dihydropyridines is 1. The smallest absolute Gasteiger partial charge is 0.336 e. The van der Waals surface area contributed by atoms with Crippen molar-refractivity contribution in [3.05, 3.63) is 88.0 Å². The summed E-state index contributed by atoms with van der Waals surface area (Å²) in [5.74, 6) is -0.551. The first-order chi connectivity index (χ1) is 15.7. The van der Waals surface area contributed by atoms with Crippen LogP contribution in [0.15, 0.2) is 71.1 Å². The summed E-state index contributed by atoms with van der Waals surface area (Å²) < 4.78 is 24.0. The Hall–Kier alpha value is -3.41. The molecule has 4 rings (SSSR count). The van der Waals surface area contributed by atoms with Crippen LogP contribution in [0, 0.1) is 11.2 Å². The SMILES string of the molecule is COC(=O)C1=C(C)NC2=C(C(=O)CC(C)(C)C2)[C@@H]1c1ccc(OCc2ccc(F)cc2)cc1. The van der Waals surface area contributed by atoms with Gasteiger partial charge in [0.25, 0.3) is 0 Å². The number of esters is 1. The van der Waals surface area contributed by atoms with Crippen LogP contribution in [0.5, 0.6) is 5.75 Å². The topological polar surface area (TPSA) is 64.6 Å². The van der Waals surface area contributed by atoms with Crippen LogP contribution in [0.1, 0.15) is 50.7 Å². The number of carbonyl (C=O) groups excluding carboxylic acids is 2. The number of benzene rings is 2. The molecule has 0 saturated heterocycles. The first-order valence-corrected chi connectivity index (χ1v) is 11.0. The Morgan fingerprint density at radius 1 is 1.09 bits per heavy atom. The molecule has 1 N–H and O–H groups in total. The summed E-state index contributed by atoms with van der Waals surface area (Å²) in [6, 6.07) is 13.6. The second-order valence-corrected chi connectivity index (χ2v) is 9.41. The van der Waals surface area contributed by atoms with Gasteiger partial charge in [0, 0.05) is 29.3 Å². The van der Waals surface area contributed by atoms with E-state index in [1.807, 2.05) is 31.2 Å². The number of halogens is 1. The van der Waals surface area contributed by atoms with Crippen molar-refractivity contribution in [1.82, 2.24) is 5.32 Å². The number of nitrogens with one attached hydrogen (secondary N) is 1. The fraction of sp³-hybridized carbons (Fsp3) is 0.333. The van der Waals surface area contributed by atoms with E-state index in [-0.39, 0.29) is 17.0 Å². The zero-order valence-electron chi connectivity index (χ0n) is 19.3. The Labute approximate surface area is 193 Å². The second kappa shape index (κ2) is 8.85. The maximum Gasteiger partial charge on any atom is 0.336 e. The number of ketones is 1. The molecule has 172 valence electrons. The predicted molar refractivity (Wildman–Crippen MR) is 123 cm³/mol. The highest BCUT2D eigenvalue weighted by atomic mass is 19.1. The van der Waals surface area contributed by atoms with Gasteiger partial charge in [-0.3, -0.25) is 4.79 Å². The Kier molecular flexibility index (Phi) is 6.11. The van der Waals surface area contributed by atoms with E-state index in [2.05, 4.69) is 19.2 Å². The van der Waals surface area contributed by atoms with Gasteiger partial charge in [0.15, 0.2) is 5.78 Å². The van der Waals surface area contributed by atoms with E-state index < -0.39 is 11.9 Å². The van der Waals surface area contributed by atoms with Gasteiger partial charge < -0.3 is 14.8 Å². The van der Waals surface area contributed by atoms with Gasteiger partial charge in [-0.05, 0) is 54.2 Å². The van der Waals surface area contributed by atoms with E-state index in [0.717, 1.165) is 23.2 Å². The molecule has 2 aromatic rings. The molecular weight excluding hydrogens is 421 g/mol. The molecule has 6 heteroatoms. The lowest BCUT2D eigenvalue weighted by Gasteiger charge is -2.39. The van der Waals surface area contributed by atoms with Crippen molar-refractivity contribution >= 4 is 11.8 Å². The average molecular weight is 450 g/mol. The first-order valence-electron chi connectivity index (χ1n) is 11.0.